The summed E-state index contributed by atoms with van der Waals surface area (Å²) in [6, 6.07) is 29.9. The lowest BCUT2D eigenvalue weighted by atomic mass is 10.0. The molecule has 0 radical (unpaired) electrons. The first kappa shape index (κ1) is 24.6. The Morgan fingerprint density at radius 2 is 1.77 bits per heavy atom. The molecule has 2 amide bonds. The lowest BCUT2D eigenvalue weighted by molar-refractivity contribution is 0.180. The van der Waals surface area contributed by atoms with Crippen LogP contribution in [0, 0.1) is 13.8 Å². The average Bonchev–Trinajstić information content (AvgIpc) is 3.53. The Morgan fingerprint density at radius 1 is 0.974 bits per heavy atom. The molecule has 0 unspecified atom stereocenters. The van der Waals surface area contributed by atoms with Crippen molar-refractivity contribution in [2.45, 2.75) is 33.0 Å². The molecule has 0 spiro atoms. The van der Waals surface area contributed by atoms with Gasteiger partial charge in [-0.15, -0.1) is 0 Å². The highest BCUT2D eigenvalue weighted by Crippen LogP contribution is 2.39. The smallest absolute Gasteiger partial charge is 0.318 e. The Morgan fingerprint density at radius 3 is 2.54 bits per heavy atom. The predicted octanol–water partition coefficient (Wildman–Crippen LogP) is 6.10. The Bertz CT molecular complexity index is 1620. The number of aromatic nitrogens is 3. The van der Waals surface area contributed by atoms with Crippen LogP contribution in [-0.4, -0.2) is 32.4 Å². The number of hydrogen-bond acceptors (Lipinski definition) is 3. The summed E-state index contributed by atoms with van der Waals surface area (Å²) in [6.45, 7) is 4.91. The van der Waals surface area contributed by atoms with Crippen molar-refractivity contribution in [2.24, 2.45) is 0 Å². The maximum atomic E-state index is 14.0. The Kier molecular flexibility index (Phi) is 6.40. The number of hydrogen-bond donors (Lipinski definition) is 1. The van der Waals surface area contributed by atoms with Gasteiger partial charge in [0.1, 0.15) is 11.6 Å². The third kappa shape index (κ3) is 4.56. The largest absolute Gasteiger partial charge is 0.497 e. The number of urea groups is 1. The summed E-state index contributed by atoms with van der Waals surface area (Å²) in [4.78, 5) is 15.9. The van der Waals surface area contributed by atoms with Gasteiger partial charge in [0.2, 0.25) is 0 Å². The van der Waals surface area contributed by atoms with Crippen LogP contribution in [0.15, 0.2) is 97.2 Å². The van der Waals surface area contributed by atoms with Gasteiger partial charge in [-0.05, 0) is 61.4 Å². The van der Waals surface area contributed by atoms with Crippen LogP contribution < -0.4 is 10.1 Å². The van der Waals surface area contributed by atoms with E-state index < -0.39 is 0 Å². The predicted molar refractivity (Wildman–Crippen MR) is 151 cm³/mol. The van der Waals surface area contributed by atoms with Gasteiger partial charge in [0.25, 0.3) is 0 Å². The van der Waals surface area contributed by atoms with Gasteiger partial charge in [-0.1, -0.05) is 60.2 Å². The molecule has 1 aliphatic heterocycles. The minimum Gasteiger partial charge on any atom is -0.497 e. The molecule has 2 aromatic heterocycles. The minimum absolute atomic E-state index is 0.143. The molecule has 5 aromatic rings. The van der Waals surface area contributed by atoms with Gasteiger partial charge in [0.15, 0.2) is 0 Å². The molecule has 0 fully saturated rings. The first-order valence-corrected chi connectivity index (χ1v) is 13.1. The number of carbonyl (C=O) groups is 1. The number of para-hydroxylation sites is 1. The van der Waals surface area contributed by atoms with Crippen LogP contribution in [0.5, 0.6) is 5.75 Å². The normalized spacial score (nSPS) is 14.3. The number of benzene rings is 3. The van der Waals surface area contributed by atoms with Crippen molar-refractivity contribution in [3.05, 3.63) is 131 Å². The lowest BCUT2D eigenvalue weighted by Crippen LogP contribution is -2.41. The SMILES string of the molecule is COc1cccc([C@H]2c3cccn3-c3c(c(C)nn3-c3ccccc3)CN2C(=O)NCc2ccc(C)cc2)c1. The van der Waals surface area contributed by atoms with E-state index in [2.05, 4.69) is 59.4 Å². The molecule has 1 N–H and O–H groups in total. The van der Waals surface area contributed by atoms with Gasteiger partial charge in [-0.3, -0.25) is 0 Å². The van der Waals surface area contributed by atoms with Crippen LogP contribution in [0.3, 0.4) is 0 Å². The quantitative estimate of drug-likeness (QED) is 0.306. The molecule has 7 nitrogen and oxygen atoms in total. The number of methoxy groups -OCH3 is 1. The number of nitrogens with zero attached hydrogens (tertiary/aromatic N) is 4. The maximum absolute atomic E-state index is 14.0. The second-order valence-electron chi connectivity index (χ2n) is 9.89. The second-order valence-corrected chi connectivity index (χ2v) is 9.89. The second kappa shape index (κ2) is 10.2. The summed E-state index contributed by atoms with van der Waals surface area (Å²) in [6.07, 6.45) is 2.05. The van der Waals surface area contributed by atoms with Gasteiger partial charge in [-0.25, -0.2) is 9.48 Å². The number of ether oxygens (including phenoxy) is 1. The first-order valence-electron chi connectivity index (χ1n) is 13.1. The summed E-state index contributed by atoms with van der Waals surface area (Å²) in [5.41, 5.74) is 7.06. The molecule has 1 atom stereocenters. The van der Waals surface area contributed by atoms with Crippen LogP contribution in [0.25, 0.3) is 11.5 Å². The Hall–Kier alpha value is -4.78. The number of aryl methyl sites for hydroxylation is 2. The molecule has 6 rings (SSSR count). The minimum atomic E-state index is -0.343. The summed E-state index contributed by atoms with van der Waals surface area (Å²) in [5, 5.41) is 8.10. The molecule has 3 aromatic carbocycles. The van der Waals surface area contributed by atoms with E-state index in [0.717, 1.165) is 45.3 Å². The van der Waals surface area contributed by atoms with E-state index in [0.29, 0.717) is 13.1 Å². The number of nitrogens with one attached hydrogen (secondary N) is 1. The van der Waals surface area contributed by atoms with Gasteiger partial charge in [-0.2, -0.15) is 5.10 Å². The highest BCUT2D eigenvalue weighted by atomic mass is 16.5. The number of fused-ring (bicyclic) bond motifs is 3. The molecule has 7 heteroatoms. The summed E-state index contributed by atoms with van der Waals surface area (Å²) in [5.74, 6) is 1.69. The monoisotopic (exact) mass is 517 g/mol. The van der Waals surface area contributed by atoms with E-state index in [9.17, 15) is 4.79 Å². The van der Waals surface area contributed by atoms with Crippen LogP contribution >= 0.6 is 0 Å². The van der Waals surface area contributed by atoms with Crippen LogP contribution in [0.4, 0.5) is 4.79 Å². The van der Waals surface area contributed by atoms with Crippen LogP contribution in [-0.2, 0) is 13.1 Å². The van der Waals surface area contributed by atoms with E-state index in [4.69, 9.17) is 9.84 Å². The fourth-order valence-electron chi connectivity index (χ4n) is 5.30. The van der Waals surface area contributed by atoms with Crippen molar-refractivity contribution < 1.29 is 9.53 Å². The third-order valence-electron chi connectivity index (χ3n) is 7.32. The zero-order chi connectivity index (χ0) is 26.9. The topological polar surface area (TPSA) is 64.3 Å². The molecule has 0 saturated carbocycles. The van der Waals surface area contributed by atoms with E-state index >= 15 is 0 Å². The van der Waals surface area contributed by atoms with Crippen molar-refractivity contribution in [1.82, 2.24) is 24.6 Å². The summed E-state index contributed by atoms with van der Waals surface area (Å²) in [7, 11) is 1.66. The molecule has 1 aliphatic rings. The van der Waals surface area contributed by atoms with Crippen molar-refractivity contribution in [3.63, 3.8) is 0 Å². The lowest BCUT2D eigenvalue weighted by Gasteiger charge is -2.31. The molecule has 0 aliphatic carbocycles. The molecule has 196 valence electrons. The fraction of sp³-hybridized carbons (Fsp3) is 0.188. The fourth-order valence-corrected chi connectivity index (χ4v) is 5.30. The number of carbonyl (C=O) groups excluding carboxylic acids is 1. The molecule has 0 bridgehead atoms. The van der Waals surface area contributed by atoms with E-state index in [-0.39, 0.29) is 12.1 Å². The molecule has 3 heterocycles. The average molecular weight is 518 g/mol. The number of amides is 2. The summed E-state index contributed by atoms with van der Waals surface area (Å²) < 4.78 is 9.70. The zero-order valence-electron chi connectivity index (χ0n) is 22.3. The van der Waals surface area contributed by atoms with Crippen molar-refractivity contribution in [1.29, 1.82) is 0 Å². The molecule has 39 heavy (non-hydrogen) atoms. The molecule has 0 saturated heterocycles. The van der Waals surface area contributed by atoms with Gasteiger partial charge < -0.3 is 19.5 Å². The first-order chi connectivity index (χ1) is 19.0. The van der Waals surface area contributed by atoms with E-state index in [1.165, 1.54) is 5.56 Å². The molecular formula is C32H31N5O2. The van der Waals surface area contributed by atoms with E-state index in [1.807, 2.05) is 71.1 Å². The third-order valence-corrected chi connectivity index (χ3v) is 7.32. The maximum Gasteiger partial charge on any atom is 0.318 e. The standard InChI is InChI=1S/C32H31N5O2/c1-22-14-16-24(17-15-22)20-33-32(38)36-21-28-23(2)34-37(26-10-5-4-6-11-26)31(28)35-18-8-13-29(35)30(36)25-9-7-12-27(19-25)39-3/h4-19,30H,20-21H2,1-3H3,(H,33,38)/t30-/m0/s1. The van der Waals surface area contributed by atoms with Gasteiger partial charge in [0, 0.05) is 18.3 Å². The zero-order valence-corrected chi connectivity index (χ0v) is 22.3. The highest BCUT2D eigenvalue weighted by Gasteiger charge is 2.36. The van der Waals surface area contributed by atoms with Crippen molar-refractivity contribution >= 4 is 6.03 Å². The van der Waals surface area contributed by atoms with Crippen LogP contribution in [0.1, 0.15) is 39.7 Å². The van der Waals surface area contributed by atoms with Crippen LogP contribution in [0.2, 0.25) is 0 Å². The highest BCUT2D eigenvalue weighted by molar-refractivity contribution is 5.76. The van der Waals surface area contributed by atoms with Gasteiger partial charge >= 0.3 is 6.03 Å². The van der Waals surface area contributed by atoms with E-state index in [1.54, 1.807) is 7.11 Å². The number of rotatable bonds is 5. The Labute approximate surface area is 228 Å². The van der Waals surface area contributed by atoms with Crippen molar-refractivity contribution in [2.75, 3.05) is 7.11 Å². The molecular weight excluding hydrogens is 486 g/mol. The Balaban J connectivity index is 1.48. The van der Waals surface area contributed by atoms with Gasteiger partial charge in [0.05, 0.1) is 36.8 Å². The van der Waals surface area contributed by atoms with Crippen molar-refractivity contribution in [3.8, 4) is 17.3 Å². The summed E-state index contributed by atoms with van der Waals surface area (Å²) >= 11 is 0.